The number of hydrogen-bond acceptors (Lipinski definition) is 2. The summed E-state index contributed by atoms with van der Waals surface area (Å²) in [6, 6.07) is 11.2. The zero-order valence-electron chi connectivity index (χ0n) is 10.7. The van der Waals surface area contributed by atoms with Crippen LogP contribution in [0.15, 0.2) is 30.3 Å². The maximum Gasteiger partial charge on any atom is 0.0527 e. The van der Waals surface area contributed by atoms with Crippen LogP contribution in [0.2, 0.25) is 0 Å². The van der Waals surface area contributed by atoms with Gasteiger partial charge in [0.1, 0.15) is 0 Å². The van der Waals surface area contributed by atoms with Crippen molar-refractivity contribution in [2.75, 3.05) is 6.54 Å². The molecule has 0 amide bonds. The topological polar surface area (TPSA) is 23.5 Å². The van der Waals surface area contributed by atoms with Crippen LogP contribution in [0.3, 0.4) is 0 Å². The normalized spacial score (nSPS) is 23.5. The fourth-order valence-electron chi connectivity index (χ4n) is 2.75. The lowest BCUT2D eigenvalue weighted by molar-refractivity contribution is 0.0818. The fourth-order valence-corrected chi connectivity index (χ4v) is 2.75. The molecule has 0 spiro atoms. The minimum absolute atomic E-state index is 0.184. The molecule has 1 N–H and O–H groups in total. The minimum Gasteiger partial charge on any atom is -0.393 e. The van der Waals surface area contributed by atoms with Crippen molar-refractivity contribution in [1.29, 1.82) is 0 Å². The standard InChI is InChI=1S/C15H23NO/c1-13(17)11-15-9-5-6-10-16(15)12-14-7-3-2-4-8-14/h2-4,7-8,13,15,17H,5-6,9-12H2,1H3/t13-,15?/m0/s1. The Morgan fingerprint density at radius 3 is 2.76 bits per heavy atom. The second kappa shape index (κ2) is 6.18. The van der Waals surface area contributed by atoms with Crippen LogP contribution in [0.4, 0.5) is 0 Å². The Kier molecular flexibility index (Phi) is 4.57. The highest BCUT2D eigenvalue weighted by Crippen LogP contribution is 2.22. The van der Waals surface area contributed by atoms with E-state index >= 15 is 0 Å². The Bertz CT molecular complexity index is 323. The van der Waals surface area contributed by atoms with Gasteiger partial charge in [0.05, 0.1) is 6.10 Å². The van der Waals surface area contributed by atoms with Gasteiger partial charge in [-0.3, -0.25) is 4.90 Å². The van der Waals surface area contributed by atoms with Gasteiger partial charge < -0.3 is 5.11 Å². The minimum atomic E-state index is -0.184. The molecule has 2 heteroatoms. The van der Waals surface area contributed by atoms with Crippen molar-refractivity contribution in [1.82, 2.24) is 4.90 Å². The van der Waals surface area contributed by atoms with Crippen LogP contribution in [0.25, 0.3) is 0 Å². The molecule has 94 valence electrons. The van der Waals surface area contributed by atoms with Crippen molar-refractivity contribution < 1.29 is 5.11 Å². The first-order chi connectivity index (χ1) is 8.25. The third-order valence-electron chi connectivity index (χ3n) is 3.59. The van der Waals surface area contributed by atoms with Crippen LogP contribution < -0.4 is 0 Å². The maximum absolute atomic E-state index is 9.56. The molecule has 1 aliphatic heterocycles. The lowest BCUT2D eigenvalue weighted by Gasteiger charge is -2.36. The molecule has 1 saturated heterocycles. The van der Waals surface area contributed by atoms with Gasteiger partial charge in [-0.05, 0) is 38.3 Å². The van der Waals surface area contributed by atoms with E-state index in [9.17, 15) is 5.11 Å². The van der Waals surface area contributed by atoms with E-state index in [1.54, 1.807) is 0 Å². The van der Waals surface area contributed by atoms with Crippen LogP contribution in [-0.4, -0.2) is 28.7 Å². The zero-order chi connectivity index (χ0) is 12.1. The molecule has 0 aromatic heterocycles. The number of nitrogens with zero attached hydrogens (tertiary/aromatic N) is 1. The van der Waals surface area contributed by atoms with Crippen molar-refractivity contribution in [2.24, 2.45) is 0 Å². The number of aliphatic hydroxyl groups excluding tert-OH is 1. The lowest BCUT2D eigenvalue weighted by atomic mass is 9.96. The van der Waals surface area contributed by atoms with E-state index < -0.39 is 0 Å². The van der Waals surface area contributed by atoms with Crippen molar-refractivity contribution in [3.05, 3.63) is 35.9 Å². The second-order valence-corrected chi connectivity index (χ2v) is 5.19. The summed E-state index contributed by atoms with van der Waals surface area (Å²) in [5, 5.41) is 9.56. The van der Waals surface area contributed by atoms with E-state index in [4.69, 9.17) is 0 Å². The molecule has 2 rings (SSSR count). The van der Waals surface area contributed by atoms with E-state index in [2.05, 4.69) is 35.2 Å². The predicted molar refractivity (Wildman–Crippen MR) is 70.8 cm³/mol. The summed E-state index contributed by atoms with van der Waals surface area (Å²) in [7, 11) is 0. The van der Waals surface area contributed by atoms with Crippen molar-refractivity contribution in [3.63, 3.8) is 0 Å². The molecule has 1 aromatic carbocycles. The third-order valence-corrected chi connectivity index (χ3v) is 3.59. The van der Waals surface area contributed by atoms with Gasteiger partial charge in [0, 0.05) is 12.6 Å². The van der Waals surface area contributed by atoms with Crippen molar-refractivity contribution >= 4 is 0 Å². The van der Waals surface area contributed by atoms with Crippen LogP contribution in [0.5, 0.6) is 0 Å². The molecule has 1 unspecified atom stereocenters. The van der Waals surface area contributed by atoms with Gasteiger partial charge in [-0.15, -0.1) is 0 Å². The van der Waals surface area contributed by atoms with E-state index in [1.165, 1.54) is 31.4 Å². The molecule has 0 radical (unpaired) electrons. The number of benzene rings is 1. The average molecular weight is 233 g/mol. The molecule has 2 nitrogen and oxygen atoms in total. The summed E-state index contributed by atoms with van der Waals surface area (Å²) in [4.78, 5) is 2.53. The Balaban J connectivity index is 1.96. The third kappa shape index (κ3) is 3.83. The molecule has 1 heterocycles. The van der Waals surface area contributed by atoms with E-state index in [0.717, 1.165) is 13.0 Å². The molecule has 0 saturated carbocycles. The van der Waals surface area contributed by atoms with E-state index in [1.807, 2.05) is 6.92 Å². The lowest BCUT2D eigenvalue weighted by Crippen LogP contribution is -2.40. The first-order valence-corrected chi connectivity index (χ1v) is 6.72. The largest absolute Gasteiger partial charge is 0.393 e. The van der Waals surface area contributed by atoms with Gasteiger partial charge in [0.2, 0.25) is 0 Å². The van der Waals surface area contributed by atoms with Crippen LogP contribution in [0.1, 0.15) is 38.2 Å². The highest BCUT2D eigenvalue weighted by molar-refractivity contribution is 5.14. The number of rotatable bonds is 4. The Morgan fingerprint density at radius 1 is 1.29 bits per heavy atom. The predicted octanol–water partition coefficient (Wildman–Crippen LogP) is 2.81. The van der Waals surface area contributed by atoms with Crippen LogP contribution in [-0.2, 0) is 6.54 Å². The number of piperidine rings is 1. The van der Waals surface area contributed by atoms with Gasteiger partial charge in [-0.2, -0.15) is 0 Å². The van der Waals surface area contributed by atoms with Crippen LogP contribution in [0, 0.1) is 0 Å². The summed E-state index contributed by atoms with van der Waals surface area (Å²) in [5.74, 6) is 0. The van der Waals surface area contributed by atoms with Gasteiger partial charge in [0.15, 0.2) is 0 Å². The Hall–Kier alpha value is -0.860. The van der Waals surface area contributed by atoms with E-state index in [-0.39, 0.29) is 6.10 Å². The molecular formula is C15H23NO. The molecule has 0 bridgehead atoms. The Morgan fingerprint density at radius 2 is 2.06 bits per heavy atom. The van der Waals surface area contributed by atoms with Gasteiger partial charge in [0.25, 0.3) is 0 Å². The number of likely N-dealkylation sites (tertiary alicyclic amines) is 1. The van der Waals surface area contributed by atoms with Gasteiger partial charge >= 0.3 is 0 Å². The molecular weight excluding hydrogens is 210 g/mol. The molecule has 1 aromatic rings. The molecule has 2 atom stereocenters. The van der Waals surface area contributed by atoms with Crippen molar-refractivity contribution in [3.8, 4) is 0 Å². The van der Waals surface area contributed by atoms with E-state index in [0.29, 0.717) is 6.04 Å². The monoisotopic (exact) mass is 233 g/mol. The molecule has 17 heavy (non-hydrogen) atoms. The zero-order valence-corrected chi connectivity index (χ0v) is 10.7. The smallest absolute Gasteiger partial charge is 0.0527 e. The van der Waals surface area contributed by atoms with Gasteiger partial charge in [-0.1, -0.05) is 36.8 Å². The first-order valence-electron chi connectivity index (χ1n) is 6.72. The SMILES string of the molecule is C[C@H](O)CC1CCCCN1Cc1ccccc1. The molecule has 1 aliphatic rings. The summed E-state index contributed by atoms with van der Waals surface area (Å²) < 4.78 is 0. The highest BCUT2D eigenvalue weighted by atomic mass is 16.3. The second-order valence-electron chi connectivity index (χ2n) is 5.19. The molecule has 1 fully saturated rings. The first kappa shape index (κ1) is 12.6. The van der Waals surface area contributed by atoms with Gasteiger partial charge in [-0.25, -0.2) is 0 Å². The summed E-state index contributed by atoms with van der Waals surface area (Å²) in [6.07, 6.45) is 4.56. The maximum atomic E-state index is 9.56. The Labute approximate surface area is 104 Å². The average Bonchev–Trinajstić information content (AvgIpc) is 2.32. The highest BCUT2D eigenvalue weighted by Gasteiger charge is 2.23. The molecule has 0 aliphatic carbocycles. The summed E-state index contributed by atoms with van der Waals surface area (Å²) in [5.41, 5.74) is 1.38. The van der Waals surface area contributed by atoms with Crippen molar-refractivity contribution in [2.45, 2.75) is 51.3 Å². The number of hydrogen-bond donors (Lipinski definition) is 1. The summed E-state index contributed by atoms with van der Waals surface area (Å²) >= 11 is 0. The summed E-state index contributed by atoms with van der Waals surface area (Å²) in [6.45, 7) is 4.10. The number of aliphatic hydroxyl groups is 1. The quantitative estimate of drug-likeness (QED) is 0.864. The van der Waals surface area contributed by atoms with Crippen LogP contribution >= 0.6 is 0 Å². The fraction of sp³-hybridized carbons (Fsp3) is 0.600.